The van der Waals surface area contributed by atoms with Crippen molar-refractivity contribution in [3.8, 4) is 5.88 Å². The summed E-state index contributed by atoms with van der Waals surface area (Å²) < 4.78 is 28.6. The number of aromatic nitrogens is 4. The number of amides is 1. The zero-order valence-corrected chi connectivity index (χ0v) is 12.6. The third-order valence-corrected chi connectivity index (χ3v) is 3.22. The van der Waals surface area contributed by atoms with E-state index in [4.69, 9.17) is 0 Å². The Balaban J connectivity index is 1.73. The number of alkyl halides is 2. The Morgan fingerprint density at radius 2 is 2.12 bits per heavy atom. The van der Waals surface area contributed by atoms with Gasteiger partial charge in [0, 0.05) is 25.0 Å². The number of fused-ring (bicyclic) bond motifs is 1. The van der Waals surface area contributed by atoms with E-state index < -0.39 is 6.61 Å². The minimum absolute atomic E-state index is 0.137. The Hall–Kier alpha value is -3.10. The van der Waals surface area contributed by atoms with Crippen LogP contribution in [-0.2, 0) is 6.54 Å². The first-order chi connectivity index (χ1) is 11.5. The lowest BCUT2D eigenvalue weighted by Gasteiger charge is -2.08. The molecule has 0 unspecified atom stereocenters. The lowest BCUT2D eigenvalue weighted by molar-refractivity contribution is -0.0529. The van der Waals surface area contributed by atoms with E-state index >= 15 is 0 Å². The molecule has 3 aromatic heterocycles. The van der Waals surface area contributed by atoms with Gasteiger partial charge in [-0.2, -0.15) is 8.78 Å². The minimum atomic E-state index is -2.95. The van der Waals surface area contributed by atoms with Crippen molar-refractivity contribution in [3.05, 3.63) is 47.5 Å². The van der Waals surface area contributed by atoms with E-state index in [1.165, 1.54) is 18.5 Å². The van der Waals surface area contributed by atoms with E-state index in [0.29, 0.717) is 28.1 Å². The van der Waals surface area contributed by atoms with E-state index in [1.54, 1.807) is 19.1 Å². The quantitative estimate of drug-likeness (QED) is 0.747. The Kier molecular flexibility index (Phi) is 4.32. The van der Waals surface area contributed by atoms with Crippen molar-refractivity contribution in [1.29, 1.82) is 0 Å². The Labute approximate surface area is 135 Å². The molecule has 0 bridgehead atoms. The highest BCUT2D eigenvalue weighted by Crippen LogP contribution is 2.15. The highest BCUT2D eigenvalue weighted by atomic mass is 19.3. The summed E-state index contributed by atoms with van der Waals surface area (Å²) >= 11 is 0. The summed E-state index contributed by atoms with van der Waals surface area (Å²) in [6, 6.07) is 4.52. The fraction of sp³-hybridized carbons (Fsp3) is 0.200. The van der Waals surface area contributed by atoms with Crippen molar-refractivity contribution in [2.24, 2.45) is 0 Å². The summed E-state index contributed by atoms with van der Waals surface area (Å²) in [5.74, 6) is 0.118. The summed E-state index contributed by atoms with van der Waals surface area (Å²) in [6.07, 6.45) is 2.83. The van der Waals surface area contributed by atoms with Gasteiger partial charge in [0.05, 0.1) is 11.1 Å². The van der Waals surface area contributed by atoms with Crippen LogP contribution in [0, 0.1) is 6.92 Å². The van der Waals surface area contributed by atoms with Gasteiger partial charge in [0.25, 0.3) is 5.91 Å². The van der Waals surface area contributed by atoms with E-state index in [0.717, 1.165) is 0 Å². The fourth-order valence-electron chi connectivity index (χ4n) is 2.21. The van der Waals surface area contributed by atoms with Crippen LogP contribution in [0.1, 0.15) is 21.7 Å². The highest BCUT2D eigenvalue weighted by Gasteiger charge is 2.13. The lowest BCUT2D eigenvalue weighted by Crippen LogP contribution is -2.23. The second kappa shape index (κ2) is 6.57. The van der Waals surface area contributed by atoms with Crippen LogP contribution in [-0.4, -0.2) is 32.5 Å². The number of pyridine rings is 2. The average Bonchev–Trinajstić information content (AvgIpc) is 2.92. The number of ether oxygens (including phenoxy) is 1. The molecule has 0 aromatic carbocycles. The molecule has 124 valence electrons. The molecule has 0 saturated carbocycles. The predicted octanol–water partition coefficient (Wildman–Crippen LogP) is 2.19. The number of hydrogen-bond acceptors (Lipinski definition) is 5. The minimum Gasteiger partial charge on any atom is -0.417 e. The van der Waals surface area contributed by atoms with Crippen molar-refractivity contribution in [2.45, 2.75) is 20.1 Å². The van der Waals surface area contributed by atoms with Gasteiger partial charge in [-0.1, -0.05) is 0 Å². The standard InChI is InChI=1S/C15H13F2N5O2/c1-8-21-12-10(3-5-19-13(12)22-8)14(23)20-7-9-2-4-18-11(6-9)24-15(16)17/h2-6,15H,7H2,1H3,(H,20,23)(H,19,21,22). The van der Waals surface area contributed by atoms with Crippen LogP contribution in [0.4, 0.5) is 8.78 Å². The third kappa shape index (κ3) is 3.45. The van der Waals surface area contributed by atoms with Crippen LogP contribution in [0.3, 0.4) is 0 Å². The molecule has 0 fully saturated rings. The van der Waals surface area contributed by atoms with Crippen molar-refractivity contribution in [3.63, 3.8) is 0 Å². The van der Waals surface area contributed by atoms with Gasteiger partial charge in [-0.25, -0.2) is 15.0 Å². The third-order valence-electron chi connectivity index (χ3n) is 3.22. The Morgan fingerprint density at radius 1 is 1.33 bits per heavy atom. The average molecular weight is 333 g/mol. The molecule has 7 nitrogen and oxygen atoms in total. The van der Waals surface area contributed by atoms with Crippen LogP contribution >= 0.6 is 0 Å². The normalized spacial score (nSPS) is 11.0. The van der Waals surface area contributed by atoms with Gasteiger partial charge < -0.3 is 15.0 Å². The maximum Gasteiger partial charge on any atom is 0.388 e. The first-order valence-electron chi connectivity index (χ1n) is 7.02. The van der Waals surface area contributed by atoms with Gasteiger partial charge in [0.15, 0.2) is 5.65 Å². The van der Waals surface area contributed by atoms with Crippen LogP contribution < -0.4 is 10.1 Å². The van der Waals surface area contributed by atoms with E-state index in [1.807, 2.05) is 0 Å². The SMILES string of the molecule is Cc1nc2nccc(C(=O)NCc3ccnc(OC(F)F)c3)c2[nH]1. The Bertz CT molecular complexity index is 881. The molecule has 3 heterocycles. The molecule has 3 aromatic rings. The topological polar surface area (TPSA) is 92.8 Å². The largest absolute Gasteiger partial charge is 0.417 e. The molecule has 0 aliphatic carbocycles. The Morgan fingerprint density at radius 3 is 2.92 bits per heavy atom. The molecular weight excluding hydrogens is 320 g/mol. The van der Waals surface area contributed by atoms with Gasteiger partial charge in [-0.05, 0) is 24.6 Å². The number of rotatable bonds is 5. The van der Waals surface area contributed by atoms with Crippen LogP contribution in [0.15, 0.2) is 30.6 Å². The maximum atomic E-state index is 12.4. The molecule has 9 heteroatoms. The number of aromatic amines is 1. The number of hydrogen-bond donors (Lipinski definition) is 2. The van der Waals surface area contributed by atoms with E-state index in [-0.39, 0.29) is 18.3 Å². The lowest BCUT2D eigenvalue weighted by atomic mass is 10.2. The number of aryl methyl sites for hydroxylation is 1. The van der Waals surface area contributed by atoms with Crippen LogP contribution in [0.2, 0.25) is 0 Å². The molecule has 0 aliphatic rings. The summed E-state index contributed by atoms with van der Waals surface area (Å²) in [5, 5.41) is 2.71. The molecule has 24 heavy (non-hydrogen) atoms. The fourth-order valence-corrected chi connectivity index (χ4v) is 2.21. The number of carbonyl (C=O) groups excluding carboxylic acids is 1. The maximum absolute atomic E-state index is 12.4. The number of carbonyl (C=O) groups is 1. The summed E-state index contributed by atoms with van der Waals surface area (Å²) in [5.41, 5.74) is 1.99. The van der Waals surface area contributed by atoms with Gasteiger partial charge >= 0.3 is 6.61 Å². The smallest absolute Gasteiger partial charge is 0.388 e. The number of H-pyrrole nitrogens is 1. The second-order valence-corrected chi connectivity index (χ2v) is 4.94. The zero-order chi connectivity index (χ0) is 17.1. The van der Waals surface area contributed by atoms with Gasteiger partial charge in [-0.3, -0.25) is 4.79 Å². The van der Waals surface area contributed by atoms with E-state index in [2.05, 4.69) is 30.0 Å². The molecule has 0 aliphatic heterocycles. The number of nitrogens with one attached hydrogen (secondary N) is 2. The van der Waals surface area contributed by atoms with Crippen LogP contribution in [0.25, 0.3) is 11.2 Å². The predicted molar refractivity (Wildman–Crippen MR) is 80.7 cm³/mol. The zero-order valence-electron chi connectivity index (χ0n) is 12.6. The number of imidazole rings is 1. The van der Waals surface area contributed by atoms with Crippen molar-refractivity contribution in [2.75, 3.05) is 0 Å². The molecule has 0 radical (unpaired) electrons. The summed E-state index contributed by atoms with van der Waals surface area (Å²) in [6.45, 7) is -1.04. The number of halogens is 2. The molecular formula is C15H13F2N5O2. The molecule has 0 atom stereocenters. The van der Waals surface area contributed by atoms with Gasteiger partial charge in [0.2, 0.25) is 5.88 Å². The monoisotopic (exact) mass is 333 g/mol. The number of nitrogens with zero attached hydrogens (tertiary/aromatic N) is 3. The first kappa shape index (κ1) is 15.8. The van der Waals surface area contributed by atoms with Crippen molar-refractivity contribution >= 4 is 17.1 Å². The molecule has 1 amide bonds. The second-order valence-electron chi connectivity index (χ2n) is 4.94. The molecule has 0 spiro atoms. The summed E-state index contributed by atoms with van der Waals surface area (Å²) in [7, 11) is 0. The highest BCUT2D eigenvalue weighted by molar-refractivity contribution is 6.03. The van der Waals surface area contributed by atoms with E-state index in [9.17, 15) is 13.6 Å². The molecule has 2 N–H and O–H groups in total. The van der Waals surface area contributed by atoms with Crippen molar-refractivity contribution in [1.82, 2.24) is 25.3 Å². The van der Waals surface area contributed by atoms with Crippen molar-refractivity contribution < 1.29 is 18.3 Å². The molecule has 0 saturated heterocycles. The first-order valence-corrected chi connectivity index (χ1v) is 7.02. The van der Waals surface area contributed by atoms with Gasteiger partial charge in [0.1, 0.15) is 5.82 Å². The summed E-state index contributed by atoms with van der Waals surface area (Å²) in [4.78, 5) is 27.3. The van der Waals surface area contributed by atoms with Crippen LogP contribution in [0.5, 0.6) is 5.88 Å². The van der Waals surface area contributed by atoms with Gasteiger partial charge in [-0.15, -0.1) is 0 Å². The molecule has 3 rings (SSSR count).